The molecule has 678 valence electrons. The molecule has 7 N–H and O–H groups in total. The van der Waals surface area contributed by atoms with Gasteiger partial charge in [0, 0.05) is 48.3 Å². The second-order valence-corrected chi connectivity index (χ2v) is 40.4. The van der Waals surface area contributed by atoms with Crippen LogP contribution in [0, 0.1) is 65.6 Å². The van der Waals surface area contributed by atoms with Gasteiger partial charge in [-0.2, -0.15) is 21.0 Å². The fourth-order valence-electron chi connectivity index (χ4n) is 19.9. The number of H-pyrrole nitrogens is 1. The number of para-hydroxylation sites is 4. The standard InChI is InChI=1S/C25H26N4O3.C24H26N4O4.C24H28N4O2.C17H24N2O2.C7H3ClN2O2.2ClH.Sn/c1-25(2)22(16-7-4-3-5-8-16)29(24(31)32-25)19-13-11-18(12-14-19)28-20-10-6-9-17(15-26)21(20)27-23(28)30;1-24(2)22(16-7-4-3-5-8-16)27(23(29)32-24)19-13-11-18(12-14-19)26-20-10-6-9-17(15-25)21(20)28(30)31;1-24(2)22(16-7-4-3-5-8-16)28(23(29)30-24)19-13-11-18(12-14-19)27-20-10-6-9-17(15-25)21(20)26;1-17(2)15(12-6-4-3-5-7-12)19(16(20)21-17)14-10-8-13(18)9-11-14;8-6-3-1-2-5(4-9)7(6)10(11)12;;;/h3-10,18-19,22H,11-14H2,1-2H3,(H,27,30);3-10,18-19,22,26H,11-14H2,1-2H3;3-10,18-19,22,27H,11-14,26H2,1-2H3;3-7,13-15H,8-11,18H2,1-2H3;1-3H;2*1H;/q;;;;;;;+2/p-2/t18?,19?,22-;;;;;;;/m0......./s1. The molecule has 2 radical (unpaired) electrons. The summed E-state index contributed by atoms with van der Waals surface area (Å²) in [6.07, 6.45) is 12.7. The van der Waals surface area contributed by atoms with Crippen molar-refractivity contribution in [3.63, 3.8) is 0 Å². The van der Waals surface area contributed by atoms with Gasteiger partial charge < -0.3 is 46.0 Å². The zero-order valence-corrected chi connectivity index (χ0v) is 78.9. The van der Waals surface area contributed by atoms with Gasteiger partial charge in [0.15, 0.2) is 0 Å². The number of aromatic nitrogens is 2. The molecule has 8 fully saturated rings. The summed E-state index contributed by atoms with van der Waals surface area (Å²) >= 11 is 4.68. The molecule has 17 rings (SSSR count). The summed E-state index contributed by atoms with van der Waals surface area (Å²) in [4.78, 5) is 94.9. The quantitative estimate of drug-likeness (QED) is 0.0209. The number of rotatable bonds is 15. The molecule has 4 saturated carbocycles. The molecule has 3 unspecified atom stereocenters. The number of cyclic esters (lactones) is 4. The Morgan fingerprint density at radius 1 is 0.408 bits per heavy atom. The number of aromatic amines is 1. The Morgan fingerprint density at radius 3 is 1.05 bits per heavy atom. The molecule has 5 heterocycles. The van der Waals surface area contributed by atoms with Gasteiger partial charge in [0.1, 0.15) is 68.5 Å². The SMILES string of the molecule is CC1(C)OC(=O)N(C2CCC(N)CC2)C1c1ccccc1.CC1(C)OC(=O)N(C2CCC(Nc3cccc(C#N)c3N)CC2)C1c1ccccc1.CC1(C)OC(=O)N(C2CCC(Nc3cccc(C#N)c3[N+](=O)[O-])CC2)C1c1ccccc1.CC1(C)OC(=O)N(C2CCC(n3c(=O)[nH]c4c(C#N)cccc43)CC2)[C@H]1c1ccccc1.N#Cc1cccc(Cl)c1[N+](=O)[O-].[Cl][Sn][Cl]. The molecular formula is C97H107Cl3N16O13Sn. The summed E-state index contributed by atoms with van der Waals surface area (Å²) in [7, 11) is 9.87. The Bertz CT molecular complexity index is 5760. The summed E-state index contributed by atoms with van der Waals surface area (Å²) in [5.41, 5.74) is 17.5. The van der Waals surface area contributed by atoms with Gasteiger partial charge in [0.2, 0.25) is 0 Å². The second-order valence-electron chi connectivity index (χ2n) is 35.7. The van der Waals surface area contributed by atoms with Gasteiger partial charge in [-0.05, 0) is 229 Å². The Kier molecular flexibility index (Phi) is 31.8. The van der Waals surface area contributed by atoms with Gasteiger partial charge in [0.05, 0.1) is 67.5 Å². The molecule has 0 spiro atoms. The Hall–Kier alpha value is -12.1. The van der Waals surface area contributed by atoms with Crippen molar-refractivity contribution in [2.45, 2.75) is 253 Å². The number of nitrogens with zero attached hydrogens (tertiary/aromatic N) is 11. The number of anilines is 3. The van der Waals surface area contributed by atoms with Crippen LogP contribution in [-0.2, 0) is 18.9 Å². The Labute approximate surface area is 778 Å². The van der Waals surface area contributed by atoms with Crippen molar-refractivity contribution in [3.05, 3.63) is 274 Å². The van der Waals surface area contributed by atoms with Gasteiger partial charge in [-0.15, -0.1) is 0 Å². The van der Waals surface area contributed by atoms with Gasteiger partial charge >= 0.3 is 78.2 Å². The van der Waals surface area contributed by atoms with Gasteiger partial charge in [-0.3, -0.25) is 44.4 Å². The number of nitrogens with two attached hydrogens (primary N) is 2. The number of halogens is 3. The van der Waals surface area contributed by atoms with E-state index in [4.69, 9.17) is 65.1 Å². The third kappa shape index (κ3) is 22.0. The van der Waals surface area contributed by atoms with E-state index in [1.165, 1.54) is 24.3 Å². The van der Waals surface area contributed by atoms with E-state index in [1.54, 1.807) is 34.9 Å². The molecule has 4 saturated heterocycles. The molecule has 130 heavy (non-hydrogen) atoms. The number of hydrogen-bond donors (Lipinski definition) is 5. The van der Waals surface area contributed by atoms with Gasteiger partial charge in [0.25, 0.3) is 0 Å². The number of fused-ring (bicyclic) bond motifs is 1. The van der Waals surface area contributed by atoms with Gasteiger partial charge in [-0.1, -0.05) is 157 Å². The number of carbonyl (C=O) groups is 4. The first kappa shape index (κ1) is 97.0. The van der Waals surface area contributed by atoms with Crippen LogP contribution in [0.5, 0.6) is 0 Å². The van der Waals surface area contributed by atoms with Crippen molar-refractivity contribution in [3.8, 4) is 24.3 Å². The van der Waals surface area contributed by atoms with E-state index in [9.17, 15) is 60.0 Å². The van der Waals surface area contributed by atoms with Crippen molar-refractivity contribution >= 4 is 112 Å². The predicted molar refractivity (Wildman–Crippen MR) is 498 cm³/mol. The van der Waals surface area contributed by atoms with Crippen LogP contribution in [0.25, 0.3) is 11.0 Å². The van der Waals surface area contributed by atoms with Crippen LogP contribution >= 0.6 is 29.4 Å². The van der Waals surface area contributed by atoms with Crippen molar-refractivity contribution in [2.75, 3.05) is 16.4 Å². The van der Waals surface area contributed by atoms with Crippen LogP contribution in [0.2, 0.25) is 5.02 Å². The summed E-state index contributed by atoms with van der Waals surface area (Å²) < 4.78 is 24.7. The third-order valence-electron chi connectivity index (χ3n) is 25.6. The molecule has 4 aliphatic heterocycles. The molecule has 8 aliphatic rings. The third-order valence-corrected chi connectivity index (χ3v) is 25.9. The summed E-state index contributed by atoms with van der Waals surface area (Å²) in [6.45, 7) is 15.8. The zero-order valence-electron chi connectivity index (χ0n) is 73.7. The van der Waals surface area contributed by atoms with E-state index < -0.39 is 51.1 Å². The average Bonchev–Trinajstić information content (AvgIpc) is 1.75. The molecule has 4 amide bonds. The minimum absolute atomic E-state index is 0.0148. The van der Waals surface area contributed by atoms with Crippen LogP contribution in [0.1, 0.15) is 233 Å². The fourth-order valence-corrected chi connectivity index (χ4v) is 20.1. The number of nitrogen functional groups attached to an aromatic ring is 1. The number of nitriles is 4. The van der Waals surface area contributed by atoms with Crippen molar-refractivity contribution in [1.82, 2.24) is 29.2 Å². The van der Waals surface area contributed by atoms with Crippen LogP contribution in [0.15, 0.2) is 199 Å². The molecule has 0 bridgehead atoms. The number of imidazole rings is 1. The number of nitrogens with one attached hydrogen (secondary N) is 3. The van der Waals surface area contributed by atoms with E-state index in [0.717, 1.165) is 136 Å². The first-order valence-electron chi connectivity index (χ1n) is 43.6. The number of nitro groups is 2. The van der Waals surface area contributed by atoms with E-state index in [-0.39, 0.29) is 130 Å². The molecule has 9 aromatic rings. The van der Waals surface area contributed by atoms with Crippen LogP contribution in [0.3, 0.4) is 0 Å². The molecule has 1 aromatic heterocycles. The molecule has 8 aromatic carbocycles. The van der Waals surface area contributed by atoms with E-state index in [1.807, 2.05) is 202 Å². The number of benzene rings is 8. The maximum atomic E-state index is 12.9. The second kappa shape index (κ2) is 42.6. The van der Waals surface area contributed by atoms with E-state index in [0.29, 0.717) is 28.0 Å². The summed E-state index contributed by atoms with van der Waals surface area (Å²) in [6, 6.07) is 68.6. The van der Waals surface area contributed by atoms with Crippen molar-refractivity contribution in [2.24, 2.45) is 5.73 Å². The number of carbonyl (C=O) groups excluding carboxylic acids is 4. The minimum atomic E-state index is -0.826. The molecular weight excluding hydrogens is 1820 g/mol. The molecule has 29 nitrogen and oxygen atoms in total. The van der Waals surface area contributed by atoms with Crippen LogP contribution in [-0.4, -0.2) is 147 Å². The monoisotopic (exact) mass is 1930 g/mol. The molecule has 4 atom stereocenters. The maximum absolute atomic E-state index is 12.9. The topological polar surface area (TPSA) is 413 Å². The van der Waals surface area contributed by atoms with E-state index >= 15 is 0 Å². The predicted octanol–water partition coefficient (Wildman–Crippen LogP) is 21.0. The summed E-state index contributed by atoms with van der Waals surface area (Å²) in [5.74, 6) is 0. The fraction of sp³-hybridized carbons (Fsp3) is 0.412. The molecule has 33 heteroatoms. The van der Waals surface area contributed by atoms with Crippen molar-refractivity contribution in [1.29, 1.82) is 21.0 Å². The van der Waals surface area contributed by atoms with Gasteiger partial charge in [-0.25, -0.2) is 24.0 Å². The Morgan fingerprint density at radius 2 is 0.700 bits per heavy atom. The Balaban J connectivity index is 0.000000150. The first-order valence-corrected chi connectivity index (χ1v) is 51.2. The molecule has 4 aliphatic carbocycles. The number of amides is 4. The first-order chi connectivity index (χ1) is 62.2. The van der Waals surface area contributed by atoms with E-state index in [2.05, 4.69) is 52.0 Å². The summed E-state index contributed by atoms with van der Waals surface area (Å²) in [5, 5.41) is 64.8. The number of hydrogen-bond acceptors (Lipinski definition) is 21. The van der Waals surface area contributed by atoms with Crippen molar-refractivity contribution < 1.29 is 48.0 Å². The van der Waals surface area contributed by atoms with Crippen LogP contribution in [0.4, 0.5) is 47.6 Å². The average molecular weight is 1930 g/mol. The number of nitro benzene ring substituents is 2. The zero-order chi connectivity index (χ0) is 93.5. The van der Waals surface area contributed by atoms with Crippen LogP contribution < -0.4 is 27.8 Å². The number of ether oxygens (including phenoxy) is 4. The normalized spacial score (nSPS) is 24.2.